The van der Waals surface area contributed by atoms with Gasteiger partial charge in [0, 0.05) is 12.8 Å². The average Bonchev–Trinajstić information content (AvgIpc) is 2.67. The zero-order valence-electron chi connectivity index (χ0n) is 14.0. The molecule has 4 bridgehead atoms. The second-order valence-corrected chi connectivity index (χ2v) is 7.79. The van der Waals surface area contributed by atoms with Gasteiger partial charge in [-0.3, -0.25) is 9.59 Å². The normalized spacial score (nSPS) is 36.5. The minimum Gasteiger partial charge on any atom is -0.462 e. The van der Waals surface area contributed by atoms with Crippen molar-refractivity contribution in [2.45, 2.75) is 75.6 Å². The molecule has 6 nitrogen and oxygen atoms in total. The number of halogens is 1. The Morgan fingerprint density at radius 3 is 2.75 bits per heavy atom. The number of hydrogen-bond acceptors (Lipinski definition) is 6. The van der Waals surface area contributed by atoms with Crippen LogP contribution in [0.25, 0.3) is 0 Å². The van der Waals surface area contributed by atoms with E-state index in [9.17, 15) is 14.4 Å². The molecule has 0 aromatic heterocycles. The molecular formula is C17H23ClO6. The fourth-order valence-corrected chi connectivity index (χ4v) is 4.31. The van der Waals surface area contributed by atoms with E-state index < -0.39 is 29.0 Å². The lowest BCUT2D eigenvalue weighted by Gasteiger charge is -2.45. The summed E-state index contributed by atoms with van der Waals surface area (Å²) in [6.45, 7) is 3.24. The van der Waals surface area contributed by atoms with Gasteiger partial charge in [-0.2, -0.15) is 0 Å². The third-order valence-corrected chi connectivity index (χ3v) is 5.75. The Bertz CT molecular complexity index is 549. The molecular weight excluding hydrogens is 336 g/mol. The molecule has 4 aliphatic rings. The van der Waals surface area contributed by atoms with Gasteiger partial charge in [0.15, 0.2) is 6.10 Å². The van der Waals surface area contributed by atoms with Crippen LogP contribution in [0.2, 0.25) is 0 Å². The number of carbonyl (C=O) groups excluding carboxylic acids is 3. The predicted molar refractivity (Wildman–Crippen MR) is 84.3 cm³/mol. The molecule has 7 heteroatoms. The number of alkyl halides is 1. The number of esters is 3. The highest BCUT2D eigenvalue weighted by atomic mass is 35.5. The summed E-state index contributed by atoms with van der Waals surface area (Å²) in [6, 6.07) is 0. The highest BCUT2D eigenvalue weighted by Gasteiger charge is 2.55. The Labute approximate surface area is 146 Å². The number of ether oxygens (including phenoxy) is 3. The van der Waals surface area contributed by atoms with Crippen molar-refractivity contribution in [1.29, 1.82) is 0 Å². The summed E-state index contributed by atoms with van der Waals surface area (Å²) in [7, 11) is 0. The maximum atomic E-state index is 12.4. The summed E-state index contributed by atoms with van der Waals surface area (Å²) in [6.07, 6.45) is 2.66. The van der Waals surface area contributed by atoms with E-state index in [1.807, 2.05) is 0 Å². The number of rotatable bonds is 5. The molecule has 24 heavy (non-hydrogen) atoms. The minimum absolute atomic E-state index is 0.174. The minimum atomic E-state index is -1.02. The Morgan fingerprint density at radius 2 is 2.04 bits per heavy atom. The molecule has 2 saturated heterocycles. The van der Waals surface area contributed by atoms with Gasteiger partial charge in [-0.05, 0) is 38.5 Å². The van der Waals surface area contributed by atoms with Gasteiger partial charge < -0.3 is 14.2 Å². The molecule has 2 heterocycles. The lowest BCUT2D eigenvalue weighted by Crippen LogP contribution is -2.49. The van der Waals surface area contributed by atoms with Crippen molar-refractivity contribution in [2.24, 2.45) is 11.8 Å². The summed E-state index contributed by atoms with van der Waals surface area (Å²) in [5.74, 6) is -1.24. The fourth-order valence-electron chi connectivity index (χ4n) is 4.26. The van der Waals surface area contributed by atoms with Crippen LogP contribution in [-0.4, -0.2) is 41.1 Å². The predicted octanol–water partition coefficient (Wildman–Crippen LogP) is 2.35. The van der Waals surface area contributed by atoms with E-state index in [1.165, 1.54) is 6.92 Å². The number of carbonyl (C=O) groups is 3. The van der Waals surface area contributed by atoms with E-state index in [4.69, 9.17) is 25.8 Å². The van der Waals surface area contributed by atoms with Gasteiger partial charge in [0.2, 0.25) is 0 Å². The van der Waals surface area contributed by atoms with Gasteiger partial charge in [-0.15, -0.1) is 11.6 Å². The van der Waals surface area contributed by atoms with Gasteiger partial charge in [-0.25, -0.2) is 4.79 Å². The molecule has 0 amide bonds. The Kier molecular flexibility index (Phi) is 4.78. The maximum absolute atomic E-state index is 12.4. The van der Waals surface area contributed by atoms with Crippen molar-refractivity contribution >= 4 is 29.5 Å². The molecule has 134 valence electrons. The first-order valence-corrected chi connectivity index (χ1v) is 9.03. The second-order valence-electron chi connectivity index (χ2n) is 7.26. The van der Waals surface area contributed by atoms with Crippen LogP contribution in [0.1, 0.15) is 52.4 Å². The van der Waals surface area contributed by atoms with Gasteiger partial charge in [0.1, 0.15) is 17.1 Å². The van der Waals surface area contributed by atoms with Crippen molar-refractivity contribution in [3.8, 4) is 0 Å². The van der Waals surface area contributed by atoms with Crippen LogP contribution in [0.5, 0.6) is 0 Å². The van der Waals surface area contributed by atoms with E-state index in [0.717, 1.165) is 19.3 Å². The maximum Gasteiger partial charge on any atom is 0.347 e. The third kappa shape index (κ3) is 3.39. The average molecular weight is 359 g/mol. The van der Waals surface area contributed by atoms with Crippen molar-refractivity contribution in [2.75, 3.05) is 0 Å². The van der Waals surface area contributed by atoms with Crippen molar-refractivity contribution < 1.29 is 28.6 Å². The first-order valence-electron chi connectivity index (χ1n) is 8.60. The first kappa shape index (κ1) is 17.5. The Hall–Kier alpha value is -1.30. The van der Waals surface area contributed by atoms with Gasteiger partial charge in [0.25, 0.3) is 0 Å². The molecule has 2 saturated carbocycles. The van der Waals surface area contributed by atoms with Gasteiger partial charge in [0.05, 0.1) is 5.92 Å². The molecule has 4 fully saturated rings. The van der Waals surface area contributed by atoms with Crippen LogP contribution in [-0.2, 0) is 28.6 Å². The second kappa shape index (κ2) is 6.54. The molecule has 0 aromatic rings. The third-order valence-electron chi connectivity index (χ3n) is 5.27. The zero-order valence-corrected chi connectivity index (χ0v) is 14.7. The highest BCUT2D eigenvalue weighted by Crippen LogP contribution is 2.51. The number of fused-ring (bicyclic) bond motifs is 1. The lowest BCUT2D eigenvalue weighted by atomic mass is 9.65. The van der Waals surface area contributed by atoms with Crippen LogP contribution in [0.4, 0.5) is 0 Å². The molecule has 4 rings (SSSR count). The van der Waals surface area contributed by atoms with Crippen molar-refractivity contribution in [3.63, 3.8) is 0 Å². The van der Waals surface area contributed by atoms with E-state index in [1.54, 1.807) is 6.92 Å². The molecule has 0 aromatic carbocycles. The van der Waals surface area contributed by atoms with E-state index in [0.29, 0.717) is 25.2 Å². The van der Waals surface area contributed by atoms with Crippen LogP contribution in [0, 0.1) is 11.8 Å². The molecule has 6 unspecified atom stereocenters. The molecule has 2 aliphatic carbocycles. The Morgan fingerprint density at radius 1 is 1.29 bits per heavy atom. The molecule has 6 atom stereocenters. The first-order chi connectivity index (χ1) is 11.3. The molecule has 2 aliphatic heterocycles. The van der Waals surface area contributed by atoms with Crippen molar-refractivity contribution in [3.05, 3.63) is 0 Å². The SMILES string of the molecule is CCC(Cl)C(=O)OC(C)C(=O)OC12CC3CC(C1)OC(=O)C(C3)C2. The molecule has 0 N–H and O–H groups in total. The quantitative estimate of drug-likeness (QED) is 0.426. The largest absolute Gasteiger partial charge is 0.462 e. The lowest BCUT2D eigenvalue weighted by molar-refractivity contribution is -0.188. The van der Waals surface area contributed by atoms with E-state index in [-0.39, 0.29) is 18.0 Å². The Balaban J connectivity index is 1.65. The summed E-state index contributed by atoms with van der Waals surface area (Å²) in [4.78, 5) is 36.2. The van der Waals surface area contributed by atoms with Crippen LogP contribution in [0.15, 0.2) is 0 Å². The molecule has 0 radical (unpaired) electrons. The highest BCUT2D eigenvalue weighted by molar-refractivity contribution is 6.29. The monoisotopic (exact) mass is 358 g/mol. The van der Waals surface area contributed by atoms with Crippen molar-refractivity contribution in [1.82, 2.24) is 0 Å². The fraction of sp³-hybridized carbons (Fsp3) is 0.824. The summed E-state index contributed by atoms with van der Waals surface area (Å²) < 4.78 is 16.3. The smallest absolute Gasteiger partial charge is 0.347 e. The van der Waals surface area contributed by atoms with Crippen LogP contribution >= 0.6 is 11.6 Å². The summed E-state index contributed by atoms with van der Waals surface area (Å²) in [5.41, 5.74) is -0.675. The molecule has 0 spiro atoms. The standard InChI is InChI=1S/C17H23ClO6/c1-3-13(18)16(21)22-9(2)14(19)24-17-6-10-4-11(7-17)15(20)23-12(5-10)8-17/h9-13H,3-8H2,1-2H3. The van der Waals surface area contributed by atoms with E-state index >= 15 is 0 Å². The van der Waals surface area contributed by atoms with Crippen LogP contribution < -0.4 is 0 Å². The van der Waals surface area contributed by atoms with Gasteiger partial charge >= 0.3 is 17.9 Å². The topological polar surface area (TPSA) is 78.9 Å². The van der Waals surface area contributed by atoms with Crippen LogP contribution in [0.3, 0.4) is 0 Å². The van der Waals surface area contributed by atoms with E-state index in [2.05, 4.69) is 0 Å². The number of hydrogen-bond donors (Lipinski definition) is 0. The summed E-state index contributed by atoms with van der Waals surface area (Å²) >= 11 is 5.82. The van der Waals surface area contributed by atoms with Gasteiger partial charge in [-0.1, -0.05) is 6.92 Å². The zero-order chi connectivity index (χ0) is 17.5. The summed E-state index contributed by atoms with van der Waals surface area (Å²) in [5, 5.41) is -0.769.